The number of para-hydroxylation sites is 1. The summed E-state index contributed by atoms with van der Waals surface area (Å²) in [7, 11) is 0. The van der Waals surface area contributed by atoms with Gasteiger partial charge in [0.15, 0.2) is 0 Å². The molecule has 0 aromatic heterocycles. The monoisotopic (exact) mass is 186 g/mol. The van der Waals surface area contributed by atoms with Crippen molar-refractivity contribution in [2.75, 3.05) is 0 Å². The molecule has 0 aliphatic heterocycles. The zero-order valence-electron chi connectivity index (χ0n) is 7.59. The van der Waals surface area contributed by atoms with Gasteiger partial charge in [0.1, 0.15) is 5.75 Å². The van der Waals surface area contributed by atoms with E-state index in [4.69, 9.17) is 0 Å². The fourth-order valence-electron chi connectivity index (χ4n) is 1.07. The number of hydrogen-bond acceptors (Lipinski definition) is 1. The first-order valence-electron chi connectivity index (χ1n) is 4.12. The lowest BCUT2D eigenvalue weighted by molar-refractivity contribution is -0.0530. The second kappa shape index (κ2) is 3.32. The van der Waals surface area contributed by atoms with Crippen molar-refractivity contribution in [2.24, 2.45) is 5.92 Å². The van der Waals surface area contributed by atoms with Crippen LogP contribution in [0.1, 0.15) is 19.4 Å². The number of aromatic hydroxyl groups is 1. The third-order valence-corrected chi connectivity index (χ3v) is 1.99. The summed E-state index contributed by atoms with van der Waals surface area (Å²) in [5.74, 6) is -4.13. The number of phenolic OH excluding ortho intramolecular Hbond substituents is 1. The Bertz CT molecular complexity index is 295. The SMILES string of the molecule is CC(C)C(F)(F)c1ccccc1O. The molecule has 0 spiro atoms. The van der Waals surface area contributed by atoms with Crippen LogP contribution >= 0.6 is 0 Å². The topological polar surface area (TPSA) is 20.2 Å². The summed E-state index contributed by atoms with van der Waals surface area (Å²) in [5.41, 5.74) is -0.301. The molecule has 0 unspecified atom stereocenters. The van der Waals surface area contributed by atoms with Crippen LogP contribution in [0.2, 0.25) is 0 Å². The minimum absolute atomic E-state index is 0.301. The molecule has 0 saturated carbocycles. The molecule has 1 N–H and O–H groups in total. The van der Waals surface area contributed by atoms with E-state index in [2.05, 4.69) is 0 Å². The summed E-state index contributed by atoms with van der Waals surface area (Å²) < 4.78 is 26.8. The molecule has 1 aromatic carbocycles. The van der Waals surface area contributed by atoms with E-state index < -0.39 is 11.8 Å². The number of alkyl halides is 2. The van der Waals surface area contributed by atoms with Crippen molar-refractivity contribution in [3.8, 4) is 5.75 Å². The summed E-state index contributed by atoms with van der Waals surface area (Å²) in [5, 5.41) is 9.22. The number of benzene rings is 1. The van der Waals surface area contributed by atoms with E-state index >= 15 is 0 Å². The van der Waals surface area contributed by atoms with E-state index in [9.17, 15) is 13.9 Å². The first-order valence-corrected chi connectivity index (χ1v) is 4.12. The highest BCUT2D eigenvalue weighted by Crippen LogP contribution is 2.39. The van der Waals surface area contributed by atoms with Gasteiger partial charge in [-0.05, 0) is 12.1 Å². The lowest BCUT2D eigenvalue weighted by Crippen LogP contribution is -2.20. The summed E-state index contributed by atoms with van der Waals surface area (Å²) in [6, 6.07) is 5.53. The van der Waals surface area contributed by atoms with E-state index in [1.807, 2.05) is 0 Å². The third kappa shape index (κ3) is 1.79. The van der Waals surface area contributed by atoms with Crippen LogP contribution in [0.5, 0.6) is 5.75 Å². The molecule has 72 valence electrons. The summed E-state index contributed by atoms with van der Waals surface area (Å²) in [6.07, 6.45) is 0. The van der Waals surface area contributed by atoms with Gasteiger partial charge in [0.2, 0.25) is 0 Å². The van der Waals surface area contributed by atoms with E-state index in [-0.39, 0.29) is 11.3 Å². The average molecular weight is 186 g/mol. The van der Waals surface area contributed by atoms with Crippen LogP contribution in [0, 0.1) is 5.92 Å². The molecule has 0 amide bonds. The van der Waals surface area contributed by atoms with Crippen molar-refractivity contribution in [1.29, 1.82) is 0 Å². The molecule has 0 heterocycles. The molecule has 0 aliphatic carbocycles. The van der Waals surface area contributed by atoms with Crippen molar-refractivity contribution in [1.82, 2.24) is 0 Å². The Morgan fingerprint density at radius 1 is 1.23 bits per heavy atom. The predicted octanol–water partition coefficient (Wildman–Crippen LogP) is 3.14. The standard InChI is InChI=1S/C10H12F2O/c1-7(2)10(11,12)8-5-3-4-6-9(8)13/h3-7,13H,1-2H3. The van der Waals surface area contributed by atoms with Crippen LogP contribution in [-0.2, 0) is 5.92 Å². The number of phenols is 1. The Morgan fingerprint density at radius 3 is 2.23 bits per heavy atom. The van der Waals surface area contributed by atoms with Crippen molar-refractivity contribution in [3.63, 3.8) is 0 Å². The van der Waals surface area contributed by atoms with Crippen LogP contribution in [0.4, 0.5) is 8.78 Å². The van der Waals surface area contributed by atoms with Crippen LogP contribution in [0.25, 0.3) is 0 Å². The van der Waals surface area contributed by atoms with E-state index in [1.165, 1.54) is 38.1 Å². The molecule has 0 bridgehead atoms. The van der Waals surface area contributed by atoms with Gasteiger partial charge in [-0.2, -0.15) is 0 Å². The predicted molar refractivity (Wildman–Crippen MR) is 46.8 cm³/mol. The van der Waals surface area contributed by atoms with Crippen LogP contribution in [0.15, 0.2) is 24.3 Å². The molecule has 1 aromatic rings. The fourth-order valence-corrected chi connectivity index (χ4v) is 1.07. The van der Waals surface area contributed by atoms with Crippen molar-refractivity contribution >= 4 is 0 Å². The van der Waals surface area contributed by atoms with Gasteiger partial charge in [-0.15, -0.1) is 0 Å². The van der Waals surface area contributed by atoms with Crippen LogP contribution in [-0.4, -0.2) is 5.11 Å². The van der Waals surface area contributed by atoms with Gasteiger partial charge < -0.3 is 5.11 Å². The molecule has 0 atom stereocenters. The first kappa shape index (κ1) is 9.96. The van der Waals surface area contributed by atoms with Crippen molar-refractivity contribution < 1.29 is 13.9 Å². The van der Waals surface area contributed by atoms with Crippen molar-refractivity contribution in [2.45, 2.75) is 19.8 Å². The lowest BCUT2D eigenvalue weighted by atomic mass is 9.97. The quantitative estimate of drug-likeness (QED) is 0.752. The van der Waals surface area contributed by atoms with E-state index in [1.54, 1.807) is 0 Å². The Balaban J connectivity index is 3.14. The molecular weight excluding hydrogens is 174 g/mol. The van der Waals surface area contributed by atoms with Gasteiger partial charge in [-0.25, -0.2) is 8.78 Å². The van der Waals surface area contributed by atoms with Gasteiger partial charge >= 0.3 is 0 Å². The maximum atomic E-state index is 13.4. The maximum absolute atomic E-state index is 13.4. The molecule has 0 aliphatic rings. The van der Waals surface area contributed by atoms with Gasteiger partial charge in [-0.1, -0.05) is 26.0 Å². The highest BCUT2D eigenvalue weighted by atomic mass is 19.3. The number of hydrogen-bond donors (Lipinski definition) is 1. The highest BCUT2D eigenvalue weighted by molar-refractivity contribution is 5.35. The first-order chi connectivity index (χ1) is 5.96. The molecule has 1 rings (SSSR count). The third-order valence-electron chi connectivity index (χ3n) is 1.99. The summed E-state index contributed by atoms with van der Waals surface area (Å²) in [6.45, 7) is 2.85. The van der Waals surface area contributed by atoms with Crippen LogP contribution < -0.4 is 0 Å². The zero-order chi connectivity index (χ0) is 10.1. The minimum atomic E-state index is -2.97. The van der Waals surface area contributed by atoms with E-state index in [0.717, 1.165) is 0 Å². The fraction of sp³-hybridized carbons (Fsp3) is 0.400. The molecule has 0 fully saturated rings. The summed E-state index contributed by atoms with van der Waals surface area (Å²) in [4.78, 5) is 0. The Kier molecular flexibility index (Phi) is 2.55. The number of rotatable bonds is 2. The molecule has 0 saturated heterocycles. The summed E-state index contributed by atoms with van der Waals surface area (Å²) >= 11 is 0. The Hall–Kier alpha value is -1.12. The largest absolute Gasteiger partial charge is 0.507 e. The van der Waals surface area contributed by atoms with Crippen LogP contribution in [0.3, 0.4) is 0 Å². The number of halogens is 2. The van der Waals surface area contributed by atoms with Gasteiger partial charge in [0, 0.05) is 5.92 Å². The van der Waals surface area contributed by atoms with Gasteiger partial charge in [0.25, 0.3) is 5.92 Å². The van der Waals surface area contributed by atoms with E-state index in [0.29, 0.717) is 0 Å². The molecule has 3 heteroatoms. The highest BCUT2D eigenvalue weighted by Gasteiger charge is 2.37. The second-order valence-corrected chi connectivity index (χ2v) is 3.29. The molecule has 1 nitrogen and oxygen atoms in total. The lowest BCUT2D eigenvalue weighted by Gasteiger charge is -2.21. The van der Waals surface area contributed by atoms with Gasteiger partial charge in [0.05, 0.1) is 5.56 Å². The molecule has 13 heavy (non-hydrogen) atoms. The normalized spacial score (nSPS) is 12.1. The average Bonchev–Trinajstić information content (AvgIpc) is 2.04. The van der Waals surface area contributed by atoms with Crippen molar-refractivity contribution in [3.05, 3.63) is 29.8 Å². The Morgan fingerprint density at radius 2 is 1.77 bits per heavy atom. The molecule has 0 radical (unpaired) electrons. The Labute approximate surface area is 76.0 Å². The second-order valence-electron chi connectivity index (χ2n) is 3.29. The minimum Gasteiger partial charge on any atom is -0.507 e. The molecular formula is C10H12F2O. The maximum Gasteiger partial charge on any atom is 0.279 e. The zero-order valence-corrected chi connectivity index (χ0v) is 7.59. The smallest absolute Gasteiger partial charge is 0.279 e. The van der Waals surface area contributed by atoms with Gasteiger partial charge in [-0.3, -0.25) is 0 Å².